The average Bonchev–Trinajstić information content (AvgIpc) is 3.00. The number of thiazole rings is 1. The van der Waals surface area contributed by atoms with Crippen LogP contribution in [0.25, 0.3) is 10.3 Å². The standard InChI is InChI=1S/C15H22N4O3S/c1-3-9(7-20)16-12-6-5-11-14(19-12)23-15(18-11)13(22)17-10(4-2)8-21/h5-6,9-10,20-21H,3-4,7-8H2,1-2H3,(H,16,19)(H,17,22)/t9-,10-/m0/s1. The first-order valence-electron chi connectivity index (χ1n) is 7.67. The van der Waals surface area contributed by atoms with E-state index in [1.807, 2.05) is 13.8 Å². The fourth-order valence-corrected chi connectivity index (χ4v) is 2.85. The van der Waals surface area contributed by atoms with Crippen molar-refractivity contribution in [2.45, 2.75) is 38.8 Å². The summed E-state index contributed by atoms with van der Waals surface area (Å²) in [5.41, 5.74) is 0.653. The summed E-state index contributed by atoms with van der Waals surface area (Å²) in [6, 6.07) is 3.26. The third kappa shape index (κ3) is 4.37. The van der Waals surface area contributed by atoms with Gasteiger partial charge in [-0.3, -0.25) is 4.79 Å². The Bertz CT molecular complexity index is 653. The monoisotopic (exact) mass is 338 g/mol. The normalized spacial score (nSPS) is 13.7. The van der Waals surface area contributed by atoms with Crippen molar-refractivity contribution in [3.63, 3.8) is 0 Å². The van der Waals surface area contributed by atoms with E-state index in [0.29, 0.717) is 27.6 Å². The number of rotatable bonds is 8. The van der Waals surface area contributed by atoms with E-state index in [9.17, 15) is 9.90 Å². The first-order chi connectivity index (χ1) is 11.1. The van der Waals surface area contributed by atoms with Gasteiger partial charge in [-0.25, -0.2) is 9.97 Å². The van der Waals surface area contributed by atoms with Crippen LogP contribution in [0, 0.1) is 0 Å². The van der Waals surface area contributed by atoms with Crippen LogP contribution in [0.4, 0.5) is 5.82 Å². The minimum atomic E-state index is -0.301. The SMILES string of the molecule is CC[C@@H](CO)NC(=O)c1nc2ccc(N[C@@H](CC)CO)nc2s1. The second-order valence-corrected chi connectivity index (χ2v) is 6.21. The number of amides is 1. The van der Waals surface area contributed by atoms with E-state index >= 15 is 0 Å². The van der Waals surface area contributed by atoms with Crippen molar-refractivity contribution in [3.8, 4) is 0 Å². The van der Waals surface area contributed by atoms with E-state index in [0.717, 1.165) is 6.42 Å². The summed E-state index contributed by atoms with van der Waals surface area (Å²) in [5.74, 6) is 0.348. The highest BCUT2D eigenvalue weighted by atomic mass is 32.1. The van der Waals surface area contributed by atoms with Crippen LogP contribution in [0.5, 0.6) is 0 Å². The molecule has 0 saturated heterocycles. The fourth-order valence-electron chi connectivity index (χ4n) is 2.00. The molecule has 2 heterocycles. The molecule has 0 aliphatic carbocycles. The molecule has 8 heteroatoms. The van der Waals surface area contributed by atoms with Gasteiger partial charge in [0.05, 0.1) is 25.3 Å². The highest BCUT2D eigenvalue weighted by Crippen LogP contribution is 2.22. The van der Waals surface area contributed by atoms with Crippen LogP contribution in [-0.4, -0.2) is 51.4 Å². The molecule has 23 heavy (non-hydrogen) atoms. The van der Waals surface area contributed by atoms with Crippen LogP contribution in [-0.2, 0) is 0 Å². The number of anilines is 1. The molecule has 1 amide bonds. The van der Waals surface area contributed by atoms with Crippen molar-refractivity contribution in [2.75, 3.05) is 18.5 Å². The Morgan fingerprint density at radius 1 is 1.17 bits per heavy atom. The van der Waals surface area contributed by atoms with Gasteiger partial charge >= 0.3 is 0 Å². The lowest BCUT2D eigenvalue weighted by Crippen LogP contribution is -2.36. The van der Waals surface area contributed by atoms with E-state index < -0.39 is 0 Å². The maximum absolute atomic E-state index is 12.1. The molecule has 0 unspecified atom stereocenters. The zero-order chi connectivity index (χ0) is 16.8. The molecule has 2 aromatic rings. The Morgan fingerprint density at radius 2 is 1.87 bits per heavy atom. The van der Waals surface area contributed by atoms with Crippen LogP contribution in [0.15, 0.2) is 12.1 Å². The highest BCUT2D eigenvalue weighted by molar-refractivity contribution is 7.19. The molecular formula is C15H22N4O3S. The van der Waals surface area contributed by atoms with E-state index in [1.165, 1.54) is 11.3 Å². The summed E-state index contributed by atoms with van der Waals surface area (Å²) in [6.45, 7) is 3.81. The number of fused-ring (bicyclic) bond motifs is 1. The zero-order valence-electron chi connectivity index (χ0n) is 13.2. The number of aromatic nitrogens is 2. The van der Waals surface area contributed by atoms with Gasteiger partial charge < -0.3 is 20.8 Å². The van der Waals surface area contributed by atoms with E-state index in [-0.39, 0.29) is 31.2 Å². The van der Waals surface area contributed by atoms with Gasteiger partial charge in [0.1, 0.15) is 16.2 Å². The van der Waals surface area contributed by atoms with Crippen LogP contribution < -0.4 is 10.6 Å². The summed E-state index contributed by atoms with van der Waals surface area (Å²) in [7, 11) is 0. The summed E-state index contributed by atoms with van der Waals surface area (Å²) >= 11 is 1.21. The topological polar surface area (TPSA) is 107 Å². The smallest absolute Gasteiger partial charge is 0.280 e. The molecule has 2 aromatic heterocycles. The van der Waals surface area contributed by atoms with Gasteiger partial charge in [-0.1, -0.05) is 25.2 Å². The molecule has 0 spiro atoms. The number of nitrogens with zero attached hydrogens (tertiary/aromatic N) is 2. The van der Waals surface area contributed by atoms with E-state index in [2.05, 4.69) is 20.6 Å². The Balaban J connectivity index is 2.17. The van der Waals surface area contributed by atoms with Crippen molar-refractivity contribution in [2.24, 2.45) is 0 Å². The van der Waals surface area contributed by atoms with Crippen molar-refractivity contribution in [1.29, 1.82) is 0 Å². The van der Waals surface area contributed by atoms with Crippen molar-refractivity contribution in [1.82, 2.24) is 15.3 Å². The molecule has 2 rings (SSSR count). The second-order valence-electron chi connectivity index (χ2n) is 5.23. The first kappa shape index (κ1) is 17.6. The Morgan fingerprint density at radius 3 is 2.48 bits per heavy atom. The molecule has 0 fully saturated rings. The number of pyridine rings is 1. The molecule has 0 aromatic carbocycles. The van der Waals surface area contributed by atoms with Crippen LogP contribution in [0.2, 0.25) is 0 Å². The molecule has 2 atom stereocenters. The molecule has 0 radical (unpaired) electrons. The first-order valence-corrected chi connectivity index (χ1v) is 8.49. The summed E-state index contributed by atoms with van der Waals surface area (Å²) < 4.78 is 0. The van der Waals surface area contributed by atoms with Gasteiger partial charge in [0.25, 0.3) is 5.91 Å². The number of hydrogen-bond acceptors (Lipinski definition) is 7. The van der Waals surface area contributed by atoms with Gasteiger partial charge in [-0.2, -0.15) is 0 Å². The molecular weight excluding hydrogens is 316 g/mol. The van der Waals surface area contributed by atoms with Gasteiger partial charge in [0, 0.05) is 0 Å². The molecule has 0 aliphatic rings. The summed E-state index contributed by atoms with van der Waals surface area (Å²) in [4.78, 5) is 21.5. The van der Waals surface area contributed by atoms with Gasteiger partial charge in [-0.15, -0.1) is 0 Å². The van der Waals surface area contributed by atoms with Gasteiger partial charge in [0.2, 0.25) is 0 Å². The minimum Gasteiger partial charge on any atom is -0.394 e. The minimum absolute atomic E-state index is 0.0339. The number of aliphatic hydroxyl groups excluding tert-OH is 2. The van der Waals surface area contributed by atoms with Crippen molar-refractivity contribution < 1.29 is 15.0 Å². The third-order valence-corrected chi connectivity index (χ3v) is 4.53. The number of aliphatic hydroxyl groups is 2. The molecule has 0 saturated carbocycles. The van der Waals surface area contributed by atoms with Gasteiger partial charge in [-0.05, 0) is 25.0 Å². The van der Waals surface area contributed by atoms with Crippen molar-refractivity contribution in [3.05, 3.63) is 17.1 Å². The van der Waals surface area contributed by atoms with Crippen LogP contribution in [0.3, 0.4) is 0 Å². The molecule has 126 valence electrons. The molecule has 0 aliphatic heterocycles. The highest BCUT2D eigenvalue weighted by Gasteiger charge is 2.16. The predicted octanol–water partition coefficient (Wildman–Crippen LogP) is 1.37. The number of nitrogens with one attached hydrogen (secondary N) is 2. The Kier molecular flexibility index (Phi) is 6.26. The second kappa shape index (κ2) is 8.19. The Hall–Kier alpha value is -1.77. The number of carbonyl (C=O) groups excluding carboxylic acids is 1. The van der Waals surface area contributed by atoms with Crippen molar-refractivity contribution >= 4 is 33.4 Å². The number of carbonyl (C=O) groups is 1. The predicted molar refractivity (Wildman–Crippen MR) is 90.8 cm³/mol. The largest absolute Gasteiger partial charge is 0.394 e. The Labute approximate surface area is 138 Å². The maximum atomic E-state index is 12.1. The van der Waals surface area contributed by atoms with Crippen LogP contribution >= 0.6 is 11.3 Å². The summed E-state index contributed by atoms with van der Waals surface area (Å²) in [6.07, 6.45) is 1.44. The fraction of sp³-hybridized carbons (Fsp3) is 0.533. The summed E-state index contributed by atoms with van der Waals surface area (Å²) in [5, 5.41) is 24.6. The molecule has 0 bridgehead atoms. The van der Waals surface area contributed by atoms with Gasteiger partial charge in [0.15, 0.2) is 5.01 Å². The lowest BCUT2D eigenvalue weighted by atomic mass is 10.2. The molecule has 7 nitrogen and oxygen atoms in total. The average molecular weight is 338 g/mol. The zero-order valence-corrected chi connectivity index (χ0v) is 14.1. The number of hydrogen-bond donors (Lipinski definition) is 4. The third-order valence-electron chi connectivity index (χ3n) is 3.56. The molecule has 4 N–H and O–H groups in total. The lowest BCUT2D eigenvalue weighted by molar-refractivity contribution is 0.0915. The van der Waals surface area contributed by atoms with E-state index in [1.54, 1.807) is 12.1 Å². The lowest BCUT2D eigenvalue weighted by Gasteiger charge is -2.14. The van der Waals surface area contributed by atoms with Crippen LogP contribution in [0.1, 0.15) is 36.5 Å². The quantitative estimate of drug-likeness (QED) is 0.579. The van der Waals surface area contributed by atoms with E-state index in [4.69, 9.17) is 5.11 Å². The maximum Gasteiger partial charge on any atom is 0.280 e.